The van der Waals surface area contributed by atoms with E-state index in [0.717, 1.165) is 44.5 Å². The van der Waals surface area contributed by atoms with E-state index >= 15 is 0 Å². The molecule has 2 aromatic carbocycles. The third-order valence-electron chi connectivity index (χ3n) is 4.38. The van der Waals surface area contributed by atoms with Gasteiger partial charge in [0.05, 0.1) is 22.9 Å². The number of rotatable bonds is 8. The van der Waals surface area contributed by atoms with Crippen molar-refractivity contribution in [2.75, 3.05) is 45.5 Å². The molecule has 0 aliphatic carbocycles. The minimum atomic E-state index is -0.00488. The van der Waals surface area contributed by atoms with Crippen molar-refractivity contribution in [2.24, 2.45) is 0 Å². The highest BCUT2D eigenvalue weighted by Crippen LogP contribution is 2.33. The number of ether oxygens (including phenoxy) is 1. The van der Waals surface area contributed by atoms with Gasteiger partial charge in [-0.3, -0.25) is 9.69 Å². The van der Waals surface area contributed by atoms with Gasteiger partial charge in [-0.25, -0.2) is 4.98 Å². The first-order valence-corrected chi connectivity index (χ1v) is 11.1. The molecule has 1 amide bonds. The molecule has 3 aromatic rings. The number of hydrogen-bond donors (Lipinski definition) is 0. The summed E-state index contributed by atoms with van der Waals surface area (Å²) < 4.78 is 6.33. The zero-order valence-electron chi connectivity index (χ0n) is 16.6. The van der Waals surface area contributed by atoms with Crippen molar-refractivity contribution in [1.29, 1.82) is 0 Å². The van der Waals surface area contributed by atoms with E-state index in [2.05, 4.69) is 4.90 Å². The molecule has 0 atom stereocenters. The Labute approximate surface area is 174 Å². The SMILES string of the molecule is COc1ccc2nc(N(CCCN(C)C)C(=O)c3ccccc3SC)sc2c1. The Morgan fingerprint density at radius 3 is 2.68 bits per heavy atom. The number of carbonyl (C=O) groups is 1. The second-order valence-corrected chi connectivity index (χ2v) is 8.50. The second kappa shape index (κ2) is 9.41. The van der Waals surface area contributed by atoms with Gasteiger partial charge in [-0.15, -0.1) is 11.8 Å². The molecule has 5 nitrogen and oxygen atoms in total. The molecule has 1 heterocycles. The molecule has 148 valence electrons. The summed E-state index contributed by atoms with van der Waals surface area (Å²) in [5, 5.41) is 0.725. The van der Waals surface area contributed by atoms with Gasteiger partial charge in [-0.05, 0) is 63.6 Å². The van der Waals surface area contributed by atoms with Crippen molar-refractivity contribution in [1.82, 2.24) is 9.88 Å². The Hall–Kier alpha value is -2.09. The number of benzene rings is 2. The lowest BCUT2D eigenvalue weighted by Gasteiger charge is -2.22. The molecule has 1 aromatic heterocycles. The number of thioether (sulfide) groups is 1. The molecule has 0 aliphatic heterocycles. The molecule has 0 aliphatic rings. The van der Waals surface area contributed by atoms with E-state index in [1.165, 1.54) is 11.3 Å². The first kappa shape index (κ1) is 20.6. The molecule has 0 fully saturated rings. The highest BCUT2D eigenvalue weighted by Gasteiger charge is 2.23. The molecule has 0 saturated carbocycles. The average Bonchev–Trinajstić information content (AvgIpc) is 3.13. The molecular weight excluding hydrogens is 390 g/mol. The first-order chi connectivity index (χ1) is 13.5. The quantitative estimate of drug-likeness (QED) is 0.502. The van der Waals surface area contributed by atoms with Crippen LogP contribution in [0.15, 0.2) is 47.4 Å². The maximum Gasteiger partial charge on any atom is 0.261 e. The fraction of sp³-hybridized carbons (Fsp3) is 0.333. The number of aromatic nitrogens is 1. The molecule has 0 radical (unpaired) electrons. The van der Waals surface area contributed by atoms with Gasteiger partial charge in [-0.2, -0.15) is 0 Å². The van der Waals surface area contributed by atoms with Crippen molar-refractivity contribution < 1.29 is 9.53 Å². The van der Waals surface area contributed by atoms with Gasteiger partial charge in [-0.1, -0.05) is 23.5 Å². The summed E-state index contributed by atoms with van der Waals surface area (Å²) in [5.41, 5.74) is 1.60. The molecule has 0 spiro atoms. The molecule has 3 rings (SSSR count). The zero-order valence-corrected chi connectivity index (χ0v) is 18.3. The van der Waals surface area contributed by atoms with Crippen LogP contribution in [0.3, 0.4) is 0 Å². The Morgan fingerprint density at radius 2 is 1.96 bits per heavy atom. The summed E-state index contributed by atoms with van der Waals surface area (Å²) in [6.07, 6.45) is 2.87. The number of anilines is 1. The van der Waals surface area contributed by atoms with Crippen molar-refractivity contribution in [3.05, 3.63) is 48.0 Å². The molecule has 28 heavy (non-hydrogen) atoms. The average molecular weight is 416 g/mol. The van der Waals surface area contributed by atoms with Crippen LogP contribution >= 0.6 is 23.1 Å². The molecule has 0 unspecified atom stereocenters. The minimum Gasteiger partial charge on any atom is -0.497 e. The van der Waals surface area contributed by atoms with Crippen LogP contribution in [0.1, 0.15) is 16.8 Å². The van der Waals surface area contributed by atoms with Gasteiger partial charge >= 0.3 is 0 Å². The summed E-state index contributed by atoms with van der Waals surface area (Å²) in [6.45, 7) is 1.53. The Kier molecular flexibility index (Phi) is 6.93. The summed E-state index contributed by atoms with van der Waals surface area (Å²) in [7, 11) is 5.73. The van der Waals surface area contributed by atoms with Crippen molar-refractivity contribution >= 4 is 44.4 Å². The molecule has 0 bridgehead atoms. The predicted octanol–water partition coefficient (Wildman–Crippen LogP) is 4.63. The van der Waals surface area contributed by atoms with Crippen LogP contribution in [-0.4, -0.2) is 56.3 Å². The van der Waals surface area contributed by atoms with Crippen LogP contribution in [0.5, 0.6) is 5.75 Å². The number of amides is 1. The van der Waals surface area contributed by atoms with E-state index in [1.807, 2.05) is 67.7 Å². The monoisotopic (exact) mass is 415 g/mol. The maximum atomic E-state index is 13.4. The van der Waals surface area contributed by atoms with Crippen molar-refractivity contribution in [2.45, 2.75) is 11.3 Å². The molecule has 0 saturated heterocycles. The standard InChI is InChI=1S/C21H25N3O2S2/c1-23(2)12-7-13-24(20(25)16-8-5-6-9-18(16)27-4)21-22-17-11-10-15(26-3)14-19(17)28-21/h5-6,8-11,14H,7,12-13H2,1-4H3. The van der Waals surface area contributed by atoms with Crippen LogP contribution in [0.25, 0.3) is 10.2 Å². The van der Waals surface area contributed by atoms with Crippen LogP contribution in [0.2, 0.25) is 0 Å². The molecule has 7 heteroatoms. The summed E-state index contributed by atoms with van der Waals surface area (Å²) in [6, 6.07) is 13.5. The third kappa shape index (κ3) is 4.66. The Morgan fingerprint density at radius 1 is 1.18 bits per heavy atom. The van der Waals surface area contributed by atoms with E-state index in [1.54, 1.807) is 18.9 Å². The number of thiazole rings is 1. The summed E-state index contributed by atoms with van der Waals surface area (Å²) >= 11 is 3.11. The van der Waals surface area contributed by atoms with Gasteiger partial charge in [0, 0.05) is 11.4 Å². The highest BCUT2D eigenvalue weighted by molar-refractivity contribution is 7.98. The normalized spacial score (nSPS) is 11.2. The molecular formula is C21H25N3O2S2. The van der Waals surface area contributed by atoms with Crippen molar-refractivity contribution in [3.63, 3.8) is 0 Å². The molecule has 0 N–H and O–H groups in total. The maximum absolute atomic E-state index is 13.4. The lowest BCUT2D eigenvalue weighted by molar-refractivity contribution is 0.0983. The third-order valence-corrected chi connectivity index (χ3v) is 6.22. The van der Waals surface area contributed by atoms with Crippen LogP contribution in [-0.2, 0) is 0 Å². The van der Waals surface area contributed by atoms with E-state index in [4.69, 9.17) is 9.72 Å². The van der Waals surface area contributed by atoms with Gasteiger partial charge in [0.2, 0.25) is 0 Å². The number of nitrogens with zero attached hydrogens (tertiary/aromatic N) is 3. The zero-order chi connectivity index (χ0) is 20.1. The fourth-order valence-corrected chi connectivity index (χ4v) is 4.54. The van der Waals surface area contributed by atoms with Crippen LogP contribution < -0.4 is 9.64 Å². The van der Waals surface area contributed by atoms with E-state index < -0.39 is 0 Å². The number of methoxy groups -OCH3 is 1. The summed E-state index contributed by atoms with van der Waals surface area (Å²) in [4.78, 5) is 23.1. The van der Waals surface area contributed by atoms with Crippen molar-refractivity contribution in [3.8, 4) is 5.75 Å². The van der Waals surface area contributed by atoms with Gasteiger partial charge in [0.15, 0.2) is 5.13 Å². The van der Waals surface area contributed by atoms with E-state index in [9.17, 15) is 4.79 Å². The summed E-state index contributed by atoms with van der Waals surface area (Å²) in [5.74, 6) is 0.788. The number of hydrogen-bond acceptors (Lipinski definition) is 6. The number of carbonyl (C=O) groups excluding carboxylic acids is 1. The van der Waals surface area contributed by atoms with Crippen LogP contribution in [0.4, 0.5) is 5.13 Å². The first-order valence-electron chi connectivity index (χ1n) is 9.07. The topological polar surface area (TPSA) is 45.7 Å². The number of fused-ring (bicyclic) bond motifs is 1. The fourth-order valence-electron chi connectivity index (χ4n) is 2.93. The Balaban J connectivity index is 1.97. The Bertz CT molecular complexity index is 956. The lowest BCUT2D eigenvalue weighted by Crippen LogP contribution is -2.33. The highest BCUT2D eigenvalue weighted by atomic mass is 32.2. The van der Waals surface area contributed by atoms with E-state index in [0.29, 0.717) is 6.54 Å². The minimum absolute atomic E-state index is 0.00488. The smallest absolute Gasteiger partial charge is 0.261 e. The van der Waals surface area contributed by atoms with Crippen LogP contribution in [0, 0.1) is 0 Å². The second-order valence-electron chi connectivity index (χ2n) is 6.64. The largest absolute Gasteiger partial charge is 0.497 e. The van der Waals surface area contributed by atoms with Gasteiger partial charge in [0.1, 0.15) is 5.75 Å². The van der Waals surface area contributed by atoms with Gasteiger partial charge in [0.25, 0.3) is 5.91 Å². The lowest BCUT2D eigenvalue weighted by atomic mass is 10.2. The predicted molar refractivity (Wildman–Crippen MR) is 119 cm³/mol. The van der Waals surface area contributed by atoms with E-state index in [-0.39, 0.29) is 5.91 Å². The van der Waals surface area contributed by atoms with Gasteiger partial charge < -0.3 is 9.64 Å².